The van der Waals surface area contributed by atoms with E-state index in [4.69, 9.17) is 4.74 Å². The predicted molar refractivity (Wildman–Crippen MR) is 90.8 cm³/mol. The monoisotopic (exact) mass is 308 g/mol. The fraction of sp³-hybridized carbons (Fsp3) is 0.529. The summed E-state index contributed by atoms with van der Waals surface area (Å²) >= 11 is 0. The Morgan fingerprint density at radius 1 is 1.38 bits per heavy atom. The number of methoxy groups -OCH3 is 1. The summed E-state index contributed by atoms with van der Waals surface area (Å²) in [6.45, 7) is 3.46. The van der Waals surface area contributed by atoms with Gasteiger partial charge in [0.05, 0.1) is 7.11 Å². The van der Waals surface area contributed by atoms with E-state index >= 15 is 0 Å². The molecule has 21 heavy (non-hydrogen) atoms. The lowest BCUT2D eigenvalue weighted by molar-refractivity contribution is 0.309. The number of hydrogen-bond donors (Lipinski definition) is 1. The molecule has 4 heteroatoms. The van der Waals surface area contributed by atoms with Crippen LogP contribution in [0.2, 0.25) is 0 Å². The lowest BCUT2D eigenvalue weighted by atomic mass is 10.00. The van der Waals surface area contributed by atoms with Gasteiger partial charge in [0.1, 0.15) is 5.75 Å². The number of likely N-dealkylation sites (tertiary alicyclic amines) is 1. The molecular weight excluding hydrogens is 284 g/mol. The first-order chi connectivity index (χ1) is 9.72. The minimum absolute atomic E-state index is 0. The summed E-state index contributed by atoms with van der Waals surface area (Å²) in [6, 6.07) is 7.03. The molecule has 3 nitrogen and oxygen atoms in total. The minimum Gasteiger partial charge on any atom is -0.497 e. The van der Waals surface area contributed by atoms with Crippen LogP contribution in [-0.4, -0.2) is 36.6 Å². The van der Waals surface area contributed by atoms with Crippen LogP contribution in [0.1, 0.15) is 31.0 Å². The fourth-order valence-electron chi connectivity index (χ4n) is 3.42. The normalized spacial score (nSPS) is 18.9. The Morgan fingerprint density at radius 3 is 2.81 bits per heavy atom. The Hall–Kier alpha value is -1.19. The molecule has 1 atom stereocenters. The largest absolute Gasteiger partial charge is 0.497 e. The highest BCUT2D eigenvalue weighted by Gasteiger charge is 2.23. The third-order valence-corrected chi connectivity index (χ3v) is 4.67. The van der Waals surface area contributed by atoms with Crippen molar-refractivity contribution in [2.75, 3.05) is 20.7 Å². The molecule has 0 radical (unpaired) electrons. The summed E-state index contributed by atoms with van der Waals surface area (Å²) in [5.74, 6) is 0.945. The SMILES string of the molecule is CCc1[nH]c2ccc(OC)cc2c1C[C@H]1CCCN1C.Cl. The Labute approximate surface area is 133 Å². The van der Waals surface area contributed by atoms with Crippen molar-refractivity contribution in [1.29, 1.82) is 0 Å². The van der Waals surface area contributed by atoms with E-state index in [1.165, 1.54) is 41.5 Å². The van der Waals surface area contributed by atoms with Gasteiger partial charge in [-0.15, -0.1) is 12.4 Å². The molecule has 1 aromatic carbocycles. The zero-order chi connectivity index (χ0) is 14.1. The number of H-pyrrole nitrogens is 1. The van der Waals surface area contributed by atoms with Crippen molar-refractivity contribution in [3.05, 3.63) is 29.5 Å². The van der Waals surface area contributed by atoms with E-state index in [2.05, 4.69) is 36.0 Å². The summed E-state index contributed by atoms with van der Waals surface area (Å²) in [5.41, 5.74) is 4.10. The van der Waals surface area contributed by atoms with Gasteiger partial charge in [0, 0.05) is 22.6 Å². The van der Waals surface area contributed by atoms with Crippen LogP contribution in [0.15, 0.2) is 18.2 Å². The molecule has 0 unspecified atom stereocenters. The first-order valence-electron chi connectivity index (χ1n) is 7.60. The van der Waals surface area contributed by atoms with Crippen molar-refractivity contribution in [1.82, 2.24) is 9.88 Å². The smallest absolute Gasteiger partial charge is 0.119 e. The molecule has 1 saturated heterocycles. The highest BCUT2D eigenvalue weighted by molar-refractivity contribution is 5.86. The molecule has 2 aromatic rings. The third-order valence-electron chi connectivity index (χ3n) is 4.67. The van der Waals surface area contributed by atoms with E-state index in [1.807, 2.05) is 6.07 Å². The Kier molecular flexibility index (Phi) is 5.17. The zero-order valence-electron chi connectivity index (χ0n) is 13.1. The van der Waals surface area contributed by atoms with Crippen LogP contribution < -0.4 is 4.74 Å². The van der Waals surface area contributed by atoms with Gasteiger partial charge in [0.25, 0.3) is 0 Å². The van der Waals surface area contributed by atoms with Crippen LogP contribution in [0.3, 0.4) is 0 Å². The average Bonchev–Trinajstić information content (AvgIpc) is 3.03. The summed E-state index contributed by atoms with van der Waals surface area (Å²) in [5, 5.41) is 1.33. The Balaban J connectivity index is 0.00000161. The second kappa shape index (κ2) is 6.71. The predicted octanol–water partition coefficient (Wildman–Crippen LogP) is 3.80. The van der Waals surface area contributed by atoms with Gasteiger partial charge in [0.15, 0.2) is 0 Å². The Bertz CT molecular complexity index is 608. The first kappa shape index (κ1) is 16.2. The third kappa shape index (κ3) is 3.04. The summed E-state index contributed by atoms with van der Waals surface area (Å²) in [6.07, 6.45) is 4.85. The molecule has 1 aliphatic rings. The van der Waals surface area contributed by atoms with Crippen molar-refractivity contribution in [3.8, 4) is 5.75 Å². The van der Waals surface area contributed by atoms with Gasteiger partial charge in [-0.05, 0) is 63.0 Å². The molecule has 1 aliphatic heterocycles. The van der Waals surface area contributed by atoms with Crippen LogP contribution in [0, 0.1) is 0 Å². The van der Waals surface area contributed by atoms with E-state index in [1.54, 1.807) is 7.11 Å². The second-order valence-electron chi connectivity index (χ2n) is 5.83. The molecule has 0 spiro atoms. The minimum atomic E-state index is 0. The van der Waals surface area contributed by atoms with Crippen molar-refractivity contribution in [2.24, 2.45) is 0 Å². The number of ether oxygens (including phenoxy) is 1. The lowest BCUT2D eigenvalue weighted by Crippen LogP contribution is -2.27. The summed E-state index contributed by atoms with van der Waals surface area (Å²) in [7, 11) is 3.98. The van der Waals surface area contributed by atoms with Gasteiger partial charge in [-0.3, -0.25) is 0 Å². The van der Waals surface area contributed by atoms with Crippen molar-refractivity contribution >= 4 is 23.3 Å². The zero-order valence-corrected chi connectivity index (χ0v) is 13.9. The maximum atomic E-state index is 5.39. The maximum Gasteiger partial charge on any atom is 0.119 e. The van der Waals surface area contributed by atoms with Crippen LogP contribution >= 0.6 is 12.4 Å². The van der Waals surface area contributed by atoms with Crippen molar-refractivity contribution < 1.29 is 4.74 Å². The van der Waals surface area contributed by atoms with Gasteiger partial charge in [-0.1, -0.05) is 6.92 Å². The molecule has 3 rings (SSSR count). The highest BCUT2D eigenvalue weighted by atomic mass is 35.5. The fourth-order valence-corrected chi connectivity index (χ4v) is 3.42. The number of fused-ring (bicyclic) bond motifs is 1. The van der Waals surface area contributed by atoms with E-state index in [0.717, 1.165) is 18.6 Å². The van der Waals surface area contributed by atoms with Gasteiger partial charge >= 0.3 is 0 Å². The maximum absolute atomic E-state index is 5.39. The number of hydrogen-bond acceptors (Lipinski definition) is 2. The van der Waals surface area contributed by atoms with E-state index in [-0.39, 0.29) is 12.4 Å². The van der Waals surface area contributed by atoms with Crippen LogP contribution in [0.4, 0.5) is 0 Å². The first-order valence-corrected chi connectivity index (χ1v) is 7.60. The quantitative estimate of drug-likeness (QED) is 0.930. The van der Waals surface area contributed by atoms with E-state index in [9.17, 15) is 0 Å². The number of likely N-dealkylation sites (N-methyl/N-ethyl adjacent to an activating group) is 1. The second-order valence-corrected chi connectivity index (χ2v) is 5.83. The molecule has 116 valence electrons. The van der Waals surface area contributed by atoms with Gasteiger partial charge in [-0.25, -0.2) is 0 Å². The Morgan fingerprint density at radius 2 is 2.19 bits per heavy atom. The molecule has 0 saturated carbocycles. The number of rotatable bonds is 4. The number of halogens is 1. The van der Waals surface area contributed by atoms with Gasteiger partial charge < -0.3 is 14.6 Å². The summed E-state index contributed by atoms with van der Waals surface area (Å²) < 4.78 is 5.39. The van der Waals surface area contributed by atoms with Gasteiger partial charge in [0.2, 0.25) is 0 Å². The highest BCUT2D eigenvalue weighted by Crippen LogP contribution is 2.30. The van der Waals surface area contributed by atoms with Crippen molar-refractivity contribution in [3.63, 3.8) is 0 Å². The topological polar surface area (TPSA) is 28.3 Å². The summed E-state index contributed by atoms with van der Waals surface area (Å²) in [4.78, 5) is 6.08. The standard InChI is InChI=1S/C17H24N2O.ClH/c1-4-16-14(10-12-6-5-9-19(12)2)15-11-13(20-3)7-8-17(15)18-16;/h7-8,11-12,18H,4-6,9-10H2,1-3H3;1H/t12-;/m1./s1. The molecule has 1 fully saturated rings. The van der Waals surface area contributed by atoms with Crippen LogP contribution in [0.5, 0.6) is 5.75 Å². The molecule has 0 amide bonds. The van der Waals surface area contributed by atoms with E-state index in [0.29, 0.717) is 6.04 Å². The molecule has 2 heterocycles. The molecule has 0 bridgehead atoms. The number of nitrogens with one attached hydrogen (secondary N) is 1. The van der Waals surface area contributed by atoms with Crippen LogP contribution in [-0.2, 0) is 12.8 Å². The molecular formula is C17H25ClN2O. The molecule has 1 aromatic heterocycles. The van der Waals surface area contributed by atoms with Crippen LogP contribution in [0.25, 0.3) is 10.9 Å². The number of aryl methyl sites for hydroxylation is 1. The number of nitrogens with zero attached hydrogens (tertiary/aromatic N) is 1. The number of aromatic nitrogens is 1. The number of benzene rings is 1. The number of aromatic amines is 1. The lowest BCUT2D eigenvalue weighted by Gasteiger charge is -2.19. The molecule has 1 N–H and O–H groups in total. The van der Waals surface area contributed by atoms with Gasteiger partial charge in [-0.2, -0.15) is 0 Å². The average molecular weight is 309 g/mol. The van der Waals surface area contributed by atoms with E-state index < -0.39 is 0 Å². The van der Waals surface area contributed by atoms with Crippen molar-refractivity contribution in [2.45, 2.75) is 38.6 Å². The molecule has 0 aliphatic carbocycles.